The van der Waals surface area contributed by atoms with Gasteiger partial charge in [-0.3, -0.25) is 0 Å². The Kier molecular flexibility index (Phi) is 4.65. The van der Waals surface area contributed by atoms with Gasteiger partial charge in [0.25, 0.3) is 0 Å². The van der Waals surface area contributed by atoms with Gasteiger partial charge in [-0.25, -0.2) is 0 Å². The Labute approximate surface area is 111 Å². The fourth-order valence-electron chi connectivity index (χ4n) is 2.66. The molecule has 1 aliphatic carbocycles. The quantitative estimate of drug-likeness (QED) is 0.858. The van der Waals surface area contributed by atoms with E-state index in [0.29, 0.717) is 5.92 Å². The maximum Gasteiger partial charge on any atom is 0.119 e. The molecule has 0 heterocycles. The summed E-state index contributed by atoms with van der Waals surface area (Å²) in [6.07, 6.45) is 5.83. The van der Waals surface area contributed by atoms with E-state index < -0.39 is 0 Å². The van der Waals surface area contributed by atoms with Crippen LogP contribution in [0.3, 0.4) is 0 Å². The van der Waals surface area contributed by atoms with Gasteiger partial charge in [-0.2, -0.15) is 0 Å². The van der Waals surface area contributed by atoms with Gasteiger partial charge in [-0.1, -0.05) is 32.8 Å². The molecule has 0 fully saturated rings. The molecular formula is C16H25NO. The van der Waals surface area contributed by atoms with E-state index in [0.717, 1.165) is 25.2 Å². The standard InChI is InChI=1S/C16H25NO/c1-3-12(4-2)11-18-14-8-9-15-13(10-14)6-5-7-16(15)17/h8-10,12,16H,3-7,11,17H2,1-2H3. The van der Waals surface area contributed by atoms with Crippen LogP contribution in [0, 0.1) is 5.92 Å². The Morgan fingerprint density at radius 1 is 1.33 bits per heavy atom. The van der Waals surface area contributed by atoms with Crippen molar-refractivity contribution in [3.63, 3.8) is 0 Å². The molecule has 1 aromatic rings. The molecule has 100 valence electrons. The molecule has 0 amide bonds. The van der Waals surface area contributed by atoms with E-state index in [9.17, 15) is 0 Å². The van der Waals surface area contributed by atoms with E-state index in [1.54, 1.807) is 0 Å². The lowest BCUT2D eigenvalue weighted by Gasteiger charge is -2.23. The first-order chi connectivity index (χ1) is 8.74. The zero-order valence-electron chi connectivity index (χ0n) is 11.6. The second-order valence-electron chi connectivity index (χ2n) is 5.35. The third-order valence-electron chi connectivity index (χ3n) is 4.12. The van der Waals surface area contributed by atoms with E-state index in [1.165, 1.54) is 30.4 Å². The lowest BCUT2D eigenvalue weighted by atomic mass is 9.88. The maximum atomic E-state index is 6.12. The van der Waals surface area contributed by atoms with Crippen molar-refractivity contribution >= 4 is 0 Å². The fraction of sp³-hybridized carbons (Fsp3) is 0.625. The molecule has 1 unspecified atom stereocenters. The van der Waals surface area contributed by atoms with Gasteiger partial charge in [0.05, 0.1) is 6.61 Å². The summed E-state index contributed by atoms with van der Waals surface area (Å²) < 4.78 is 5.91. The number of rotatable bonds is 5. The van der Waals surface area contributed by atoms with Crippen LogP contribution in [0.5, 0.6) is 5.75 Å². The van der Waals surface area contributed by atoms with Crippen molar-refractivity contribution in [3.8, 4) is 5.75 Å². The fourth-order valence-corrected chi connectivity index (χ4v) is 2.66. The number of fused-ring (bicyclic) bond motifs is 1. The average Bonchev–Trinajstić information content (AvgIpc) is 2.40. The van der Waals surface area contributed by atoms with Crippen molar-refractivity contribution in [1.82, 2.24) is 0 Å². The van der Waals surface area contributed by atoms with E-state index in [2.05, 4.69) is 32.0 Å². The Morgan fingerprint density at radius 2 is 2.11 bits per heavy atom. The molecule has 0 bridgehead atoms. The van der Waals surface area contributed by atoms with Gasteiger partial charge in [0.1, 0.15) is 5.75 Å². The van der Waals surface area contributed by atoms with Crippen LogP contribution in [0.2, 0.25) is 0 Å². The Bertz CT molecular complexity index is 385. The molecule has 2 nitrogen and oxygen atoms in total. The molecule has 0 aliphatic heterocycles. The van der Waals surface area contributed by atoms with Crippen LogP contribution < -0.4 is 10.5 Å². The lowest BCUT2D eigenvalue weighted by Crippen LogP contribution is -2.17. The monoisotopic (exact) mass is 247 g/mol. The summed E-state index contributed by atoms with van der Waals surface area (Å²) in [6.45, 7) is 5.28. The van der Waals surface area contributed by atoms with Crippen LogP contribution in [0.1, 0.15) is 56.7 Å². The number of ether oxygens (including phenoxy) is 1. The van der Waals surface area contributed by atoms with Crippen LogP contribution in [-0.2, 0) is 6.42 Å². The van der Waals surface area contributed by atoms with E-state index in [1.807, 2.05) is 0 Å². The van der Waals surface area contributed by atoms with Gasteiger partial charge in [0.2, 0.25) is 0 Å². The largest absolute Gasteiger partial charge is 0.493 e. The van der Waals surface area contributed by atoms with Crippen LogP contribution in [0.15, 0.2) is 18.2 Å². The van der Waals surface area contributed by atoms with Gasteiger partial charge in [-0.05, 0) is 48.4 Å². The van der Waals surface area contributed by atoms with Crippen molar-refractivity contribution in [2.45, 2.75) is 52.0 Å². The molecular weight excluding hydrogens is 222 g/mol. The summed E-state index contributed by atoms with van der Waals surface area (Å²) in [5.74, 6) is 1.68. The first-order valence-corrected chi connectivity index (χ1v) is 7.25. The summed E-state index contributed by atoms with van der Waals surface area (Å²) in [5.41, 5.74) is 8.82. The smallest absolute Gasteiger partial charge is 0.119 e. The molecule has 0 aromatic heterocycles. The van der Waals surface area contributed by atoms with Crippen molar-refractivity contribution in [2.75, 3.05) is 6.61 Å². The zero-order valence-corrected chi connectivity index (χ0v) is 11.6. The minimum Gasteiger partial charge on any atom is -0.493 e. The number of hydrogen-bond donors (Lipinski definition) is 1. The minimum absolute atomic E-state index is 0.224. The van der Waals surface area contributed by atoms with Crippen LogP contribution >= 0.6 is 0 Å². The summed E-state index contributed by atoms with van der Waals surface area (Å²) in [4.78, 5) is 0. The highest BCUT2D eigenvalue weighted by molar-refractivity contribution is 5.38. The normalized spacial score (nSPS) is 18.8. The molecule has 1 aromatic carbocycles. The molecule has 2 N–H and O–H groups in total. The van der Waals surface area contributed by atoms with Crippen molar-refractivity contribution in [1.29, 1.82) is 0 Å². The summed E-state index contributed by atoms with van der Waals surface area (Å²) in [5, 5.41) is 0. The van der Waals surface area contributed by atoms with Gasteiger partial charge >= 0.3 is 0 Å². The minimum atomic E-state index is 0.224. The predicted molar refractivity (Wildman–Crippen MR) is 75.9 cm³/mol. The van der Waals surface area contributed by atoms with E-state index in [4.69, 9.17) is 10.5 Å². The van der Waals surface area contributed by atoms with Gasteiger partial charge < -0.3 is 10.5 Å². The third kappa shape index (κ3) is 3.05. The molecule has 18 heavy (non-hydrogen) atoms. The molecule has 2 rings (SSSR count). The second kappa shape index (κ2) is 6.24. The van der Waals surface area contributed by atoms with E-state index >= 15 is 0 Å². The molecule has 0 saturated heterocycles. The molecule has 0 saturated carbocycles. The Hall–Kier alpha value is -1.02. The Morgan fingerprint density at radius 3 is 2.83 bits per heavy atom. The van der Waals surface area contributed by atoms with Crippen LogP contribution in [0.4, 0.5) is 0 Å². The van der Waals surface area contributed by atoms with Crippen LogP contribution in [0.25, 0.3) is 0 Å². The first kappa shape index (κ1) is 13.4. The number of aryl methyl sites for hydroxylation is 1. The Balaban J connectivity index is 2.02. The highest BCUT2D eigenvalue weighted by Gasteiger charge is 2.17. The molecule has 0 spiro atoms. The van der Waals surface area contributed by atoms with E-state index in [-0.39, 0.29) is 6.04 Å². The molecule has 2 heteroatoms. The SMILES string of the molecule is CCC(CC)COc1ccc2c(c1)CCCC2N. The summed E-state index contributed by atoms with van der Waals surface area (Å²) in [7, 11) is 0. The number of benzene rings is 1. The second-order valence-corrected chi connectivity index (χ2v) is 5.35. The third-order valence-corrected chi connectivity index (χ3v) is 4.12. The highest BCUT2D eigenvalue weighted by atomic mass is 16.5. The summed E-state index contributed by atoms with van der Waals surface area (Å²) >= 11 is 0. The molecule has 1 atom stereocenters. The van der Waals surface area contributed by atoms with Crippen LogP contribution in [-0.4, -0.2) is 6.61 Å². The topological polar surface area (TPSA) is 35.2 Å². The van der Waals surface area contributed by atoms with Crippen molar-refractivity contribution in [2.24, 2.45) is 11.7 Å². The van der Waals surface area contributed by atoms with Gasteiger partial charge in [0, 0.05) is 6.04 Å². The van der Waals surface area contributed by atoms with Crippen molar-refractivity contribution < 1.29 is 4.74 Å². The first-order valence-electron chi connectivity index (χ1n) is 7.25. The van der Waals surface area contributed by atoms with Crippen molar-refractivity contribution in [3.05, 3.63) is 29.3 Å². The summed E-state index contributed by atoms with van der Waals surface area (Å²) in [6, 6.07) is 6.65. The lowest BCUT2D eigenvalue weighted by molar-refractivity contribution is 0.240. The van der Waals surface area contributed by atoms with Gasteiger partial charge in [-0.15, -0.1) is 0 Å². The molecule has 0 radical (unpaired) electrons. The molecule has 1 aliphatic rings. The highest BCUT2D eigenvalue weighted by Crippen LogP contribution is 2.30. The average molecular weight is 247 g/mol. The predicted octanol–water partition coefficient (Wildman–Crippen LogP) is 3.84. The maximum absolute atomic E-state index is 6.12. The van der Waals surface area contributed by atoms with Gasteiger partial charge in [0.15, 0.2) is 0 Å². The zero-order chi connectivity index (χ0) is 13.0. The number of hydrogen-bond acceptors (Lipinski definition) is 2. The number of nitrogens with two attached hydrogens (primary N) is 1.